The van der Waals surface area contributed by atoms with Crippen LogP contribution >= 0.6 is 23.4 Å². The molecule has 0 aromatic heterocycles. The van der Waals surface area contributed by atoms with Crippen molar-refractivity contribution in [2.75, 3.05) is 27.1 Å². The smallest absolute Gasteiger partial charge is 0.408 e. The highest BCUT2D eigenvalue weighted by Gasteiger charge is 2.33. The lowest BCUT2D eigenvalue weighted by atomic mass is 9.92. The van der Waals surface area contributed by atoms with E-state index < -0.39 is 27.4 Å². The molecule has 0 saturated heterocycles. The zero-order valence-corrected chi connectivity index (χ0v) is 29.2. The fraction of sp³-hybridized carbons (Fsp3) is 0.382. The van der Waals surface area contributed by atoms with E-state index in [0.717, 1.165) is 32.1 Å². The van der Waals surface area contributed by atoms with Gasteiger partial charge in [-0.25, -0.2) is 4.79 Å². The molecule has 9 nitrogen and oxygen atoms in total. The van der Waals surface area contributed by atoms with E-state index in [-0.39, 0.29) is 26.4 Å². The Balaban J connectivity index is 1.78. The van der Waals surface area contributed by atoms with Gasteiger partial charge < -0.3 is 24.3 Å². The lowest BCUT2D eigenvalue weighted by Gasteiger charge is -2.33. The summed E-state index contributed by atoms with van der Waals surface area (Å²) in [5, 5.41) is 4.26. The maximum absolute atomic E-state index is 12.9. The van der Waals surface area contributed by atoms with Gasteiger partial charge in [0.15, 0.2) is 0 Å². The van der Waals surface area contributed by atoms with Gasteiger partial charge in [-0.05, 0) is 88.1 Å². The van der Waals surface area contributed by atoms with Crippen molar-refractivity contribution in [2.45, 2.75) is 68.1 Å². The highest BCUT2D eigenvalue weighted by atomic mass is 35.5. The number of alkyl carbamates (subject to hydrolysis) is 1. The Kier molecular flexibility index (Phi) is 14.4. The number of hydrogen-bond acceptors (Lipinski definition) is 9. The monoisotopic (exact) mass is 691 g/mol. The van der Waals surface area contributed by atoms with Gasteiger partial charge in [0.05, 0.1) is 24.2 Å². The van der Waals surface area contributed by atoms with Crippen molar-refractivity contribution in [3.63, 3.8) is 0 Å². The molecule has 1 atom stereocenters. The van der Waals surface area contributed by atoms with E-state index in [1.54, 1.807) is 39.5 Å². The molecule has 0 bridgehead atoms. The van der Waals surface area contributed by atoms with Gasteiger partial charge in [-0.1, -0.05) is 65.8 Å². The third-order valence-electron chi connectivity index (χ3n) is 6.30. The molecule has 0 aliphatic carbocycles. The SMILES string of the molecule is CCOS(=O)(=O)C=CC(CCc1ccc(Sc2cccc(OCc3ccccc3)c2)cc1Cl)(COCOC)NC(=O)OC(C)(C)C. The van der Waals surface area contributed by atoms with Gasteiger partial charge in [0.25, 0.3) is 10.1 Å². The normalized spacial score (nSPS) is 13.3. The van der Waals surface area contributed by atoms with Crippen molar-refractivity contribution in [3.05, 3.63) is 100 Å². The zero-order chi connectivity index (χ0) is 33.6. The number of halogens is 1. The minimum atomic E-state index is -4.01. The van der Waals surface area contributed by atoms with E-state index >= 15 is 0 Å². The van der Waals surface area contributed by atoms with Crippen molar-refractivity contribution in [1.29, 1.82) is 0 Å². The van der Waals surface area contributed by atoms with Crippen LogP contribution in [0.5, 0.6) is 5.75 Å². The largest absolute Gasteiger partial charge is 0.489 e. The van der Waals surface area contributed by atoms with Gasteiger partial charge in [0, 0.05) is 21.9 Å². The van der Waals surface area contributed by atoms with Gasteiger partial charge in [-0.15, -0.1) is 0 Å². The summed E-state index contributed by atoms with van der Waals surface area (Å²) in [5.41, 5.74) is -0.199. The molecular weight excluding hydrogens is 650 g/mol. The molecule has 250 valence electrons. The summed E-state index contributed by atoms with van der Waals surface area (Å²) in [6.45, 7) is 7.03. The van der Waals surface area contributed by atoms with Gasteiger partial charge in [-0.3, -0.25) is 4.18 Å². The predicted molar refractivity (Wildman–Crippen MR) is 181 cm³/mol. The van der Waals surface area contributed by atoms with Crippen LogP contribution in [0.1, 0.15) is 45.2 Å². The van der Waals surface area contributed by atoms with Crippen LogP contribution < -0.4 is 10.1 Å². The summed E-state index contributed by atoms with van der Waals surface area (Å²) in [5.74, 6) is 0.764. The van der Waals surface area contributed by atoms with E-state index in [2.05, 4.69) is 5.32 Å². The van der Waals surface area contributed by atoms with Crippen molar-refractivity contribution in [3.8, 4) is 5.75 Å². The fourth-order valence-electron chi connectivity index (χ4n) is 4.23. The first-order valence-corrected chi connectivity index (χ1v) is 17.4. The Labute approximate surface area is 281 Å². The Morgan fingerprint density at radius 2 is 1.74 bits per heavy atom. The number of aryl methyl sites for hydroxylation is 1. The summed E-state index contributed by atoms with van der Waals surface area (Å²) in [6.07, 6.45) is 1.21. The molecule has 1 amide bonds. The van der Waals surface area contributed by atoms with Crippen LogP contribution in [0.2, 0.25) is 5.02 Å². The van der Waals surface area contributed by atoms with Crippen LogP contribution in [0.3, 0.4) is 0 Å². The maximum atomic E-state index is 12.9. The second kappa shape index (κ2) is 17.7. The number of benzene rings is 3. The lowest BCUT2D eigenvalue weighted by Crippen LogP contribution is -2.52. The van der Waals surface area contributed by atoms with Crippen molar-refractivity contribution in [1.82, 2.24) is 5.32 Å². The minimum absolute atomic E-state index is 0.0374. The number of nitrogens with one attached hydrogen (secondary N) is 1. The standard InChI is InChI=1S/C34H42ClNO8S2/c1-6-43-46(38,39)20-19-34(24-41-25-40-5,36-32(37)44-33(2,3)4)18-17-27-15-16-30(22-31(27)35)45-29-14-10-13-28(21-29)42-23-26-11-8-7-9-12-26/h7-16,19-22H,6,17-18,23-25H2,1-5H3,(H,36,37). The van der Waals surface area contributed by atoms with Gasteiger partial charge in [-0.2, -0.15) is 8.42 Å². The molecule has 46 heavy (non-hydrogen) atoms. The average Bonchev–Trinajstić information content (AvgIpc) is 2.98. The average molecular weight is 692 g/mol. The van der Waals surface area contributed by atoms with Gasteiger partial charge in [0.2, 0.25) is 0 Å². The van der Waals surface area contributed by atoms with Crippen LogP contribution in [0.25, 0.3) is 0 Å². The Bertz CT molecular complexity index is 1540. The Morgan fingerprint density at radius 3 is 2.41 bits per heavy atom. The van der Waals surface area contributed by atoms with Crippen LogP contribution in [-0.4, -0.2) is 52.8 Å². The molecular formula is C34H42ClNO8S2. The van der Waals surface area contributed by atoms with Gasteiger partial charge in [0.1, 0.15) is 24.8 Å². The van der Waals surface area contributed by atoms with E-state index in [1.807, 2.05) is 72.8 Å². The first-order chi connectivity index (χ1) is 21.8. The highest BCUT2D eigenvalue weighted by Crippen LogP contribution is 2.34. The quantitative estimate of drug-likeness (QED) is 0.0863. The van der Waals surface area contributed by atoms with E-state index in [9.17, 15) is 13.2 Å². The van der Waals surface area contributed by atoms with Crippen molar-refractivity contribution in [2.24, 2.45) is 0 Å². The third kappa shape index (κ3) is 13.4. The number of ether oxygens (including phenoxy) is 4. The summed E-state index contributed by atoms with van der Waals surface area (Å²) in [6, 6.07) is 23.6. The fourth-order valence-corrected chi connectivity index (χ4v) is 6.31. The maximum Gasteiger partial charge on any atom is 0.408 e. The number of hydrogen-bond donors (Lipinski definition) is 1. The number of amides is 1. The van der Waals surface area contributed by atoms with Crippen molar-refractivity contribution >= 4 is 39.6 Å². The summed E-state index contributed by atoms with van der Waals surface area (Å²) in [4.78, 5) is 14.8. The molecule has 1 N–H and O–H groups in total. The molecule has 0 fully saturated rings. The molecule has 3 rings (SSSR count). The number of carbonyl (C=O) groups is 1. The van der Waals surface area contributed by atoms with Crippen LogP contribution in [0.15, 0.2) is 94.1 Å². The van der Waals surface area contributed by atoms with Gasteiger partial charge >= 0.3 is 6.09 Å². The van der Waals surface area contributed by atoms with Crippen molar-refractivity contribution < 1.29 is 36.3 Å². The predicted octanol–water partition coefficient (Wildman–Crippen LogP) is 7.77. The third-order valence-corrected chi connectivity index (χ3v) is 8.67. The van der Waals surface area contributed by atoms with E-state index in [0.29, 0.717) is 18.1 Å². The molecule has 0 aliphatic heterocycles. The molecule has 0 radical (unpaired) electrons. The second-order valence-corrected chi connectivity index (χ2v) is 14.4. The first kappa shape index (κ1) is 37.4. The number of rotatable bonds is 17. The molecule has 12 heteroatoms. The van der Waals surface area contributed by atoms with E-state index in [1.165, 1.54) is 13.2 Å². The topological polar surface area (TPSA) is 109 Å². The van der Waals surface area contributed by atoms with E-state index in [4.69, 9.17) is 34.7 Å². The molecule has 0 aliphatic rings. The first-order valence-electron chi connectivity index (χ1n) is 14.7. The minimum Gasteiger partial charge on any atom is -0.489 e. The van der Waals surface area contributed by atoms with Crippen LogP contribution in [-0.2, 0) is 41.5 Å². The number of methoxy groups -OCH3 is 1. The highest BCUT2D eigenvalue weighted by molar-refractivity contribution is 7.99. The van der Waals surface area contributed by atoms with Crippen LogP contribution in [0, 0.1) is 0 Å². The zero-order valence-electron chi connectivity index (χ0n) is 26.8. The summed E-state index contributed by atoms with van der Waals surface area (Å²) < 4.78 is 51.8. The summed E-state index contributed by atoms with van der Waals surface area (Å²) in [7, 11) is -2.55. The molecule has 0 saturated carbocycles. The molecule has 0 heterocycles. The number of carbonyl (C=O) groups excluding carboxylic acids is 1. The summed E-state index contributed by atoms with van der Waals surface area (Å²) >= 11 is 8.30. The Morgan fingerprint density at radius 1 is 1.00 bits per heavy atom. The molecule has 3 aromatic rings. The molecule has 3 aromatic carbocycles. The molecule has 0 spiro atoms. The van der Waals surface area contributed by atoms with Crippen LogP contribution in [0.4, 0.5) is 4.79 Å². The Hall–Kier alpha value is -3.06. The second-order valence-electron chi connectivity index (χ2n) is 11.3. The molecule has 1 unspecified atom stereocenters. The lowest BCUT2D eigenvalue weighted by molar-refractivity contribution is -0.0490.